The zero-order valence-electron chi connectivity index (χ0n) is 10.4. The maximum atomic E-state index is 13.7. The van der Waals surface area contributed by atoms with Crippen LogP contribution in [0.25, 0.3) is 0 Å². The number of carbonyl (C=O) groups is 1. The third-order valence-corrected chi connectivity index (χ3v) is 2.47. The number of hydrogen-bond acceptors (Lipinski definition) is 4. The van der Waals surface area contributed by atoms with Gasteiger partial charge in [0.05, 0.1) is 7.11 Å². The molecule has 100 valence electrons. The average Bonchev–Trinajstić information content (AvgIpc) is 2.33. The van der Waals surface area contributed by atoms with Crippen molar-refractivity contribution in [2.24, 2.45) is 5.73 Å². The number of halogens is 1. The number of rotatable bonds is 6. The normalized spacial score (nSPS) is 11.9. The number of hydrogen-bond donors (Lipinski definition) is 2. The molecule has 1 rings (SSSR count). The molecule has 0 aliphatic heterocycles. The van der Waals surface area contributed by atoms with Crippen LogP contribution in [0.1, 0.15) is 18.5 Å². The Balaban J connectivity index is 2.50. The summed E-state index contributed by atoms with van der Waals surface area (Å²) in [5.41, 5.74) is 5.34. The summed E-state index contributed by atoms with van der Waals surface area (Å²) in [4.78, 5) is 10.3. The van der Waals surface area contributed by atoms with Gasteiger partial charge in [-0.3, -0.25) is 0 Å². The first-order valence-electron chi connectivity index (χ1n) is 5.53. The van der Waals surface area contributed by atoms with Crippen LogP contribution in [0, 0.1) is 5.82 Å². The van der Waals surface area contributed by atoms with Gasteiger partial charge in [-0.05, 0) is 13.0 Å². The summed E-state index contributed by atoms with van der Waals surface area (Å²) in [5, 5.41) is 3.02. The van der Waals surface area contributed by atoms with Crippen LogP contribution in [0.3, 0.4) is 0 Å². The van der Waals surface area contributed by atoms with Crippen molar-refractivity contribution in [3.63, 3.8) is 0 Å². The molecule has 1 aromatic carbocycles. The molecule has 6 heteroatoms. The fraction of sp³-hybridized carbons (Fsp3) is 0.417. The van der Waals surface area contributed by atoms with Crippen molar-refractivity contribution < 1.29 is 18.7 Å². The number of amides is 1. The molecule has 5 nitrogen and oxygen atoms in total. The Morgan fingerprint density at radius 3 is 2.83 bits per heavy atom. The number of methoxy groups -OCH3 is 1. The van der Waals surface area contributed by atoms with E-state index in [2.05, 4.69) is 10.1 Å². The number of ether oxygens (including phenoxy) is 2. The van der Waals surface area contributed by atoms with E-state index in [1.807, 2.05) is 6.92 Å². The van der Waals surface area contributed by atoms with Gasteiger partial charge < -0.3 is 20.5 Å². The molecule has 3 N–H and O–H groups in total. The Morgan fingerprint density at radius 2 is 2.28 bits per heavy atom. The Hall–Kier alpha value is -1.82. The van der Waals surface area contributed by atoms with E-state index in [1.54, 1.807) is 12.1 Å². The SMILES string of the molecule is COc1ccc(C(C)NCCOC(N)=O)c(F)c1. The molecule has 1 amide bonds. The number of nitrogens with two attached hydrogens (primary N) is 1. The summed E-state index contributed by atoms with van der Waals surface area (Å²) in [6, 6.07) is 4.47. The van der Waals surface area contributed by atoms with Gasteiger partial charge in [0, 0.05) is 24.2 Å². The van der Waals surface area contributed by atoms with Gasteiger partial charge in [-0.1, -0.05) is 6.07 Å². The molecular weight excluding hydrogens is 239 g/mol. The molecule has 1 unspecified atom stereocenters. The topological polar surface area (TPSA) is 73.6 Å². The van der Waals surface area contributed by atoms with E-state index in [4.69, 9.17) is 10.5 Å². The standard InChI is InChI=1S/C12H17FN2O3/c1-8(15-5-6-18-12(14)16)10-4-3-9(17-2)7-11(10)13/h3-4,7-8,15H,5-6H2,1-2H3,(H2,14,16). The van der Waals surface area contributed by atoms with Crippen LogP contribution < -0.4 is 15.8 Å². The number of benzene rings is 1. The lowest BCUT2D eigenvalue weighted by molar-refractivity contribution is 0.156. The smallest absolute Gasteiger partial charge is 0.404 e. The fourth-order valence-electron chi connectivity index (χ4n) is 1.52. The van der Waals surface area contributed by atoms with E-state index in [9.17, 15) is 9.18 Å². The van der Waals surface area contributed by atoms with Gasteiger partial charge in [-0.2, -0.15) is 0 Å². The monoisotopic (exact) mass is 256 g/mol. The van der Waals surface area contributed by atoms with Crippen LogP contribution >= 0.6 is 0 Å². The second kappa shape index (κ2) is 6.80. The number of primary amides is 1. The first kappa shape index (κ1) is 14.2. The lowest BCUT2D eigenvalue weighted by atomic mass is 10.1. The maximum absolute atomic E-state index is 13.7. The van der Waals surface area contributed by atoms with Crippen LogP contribution in [0.4, 0.5) is 9.18 Å². The molecule has 0 saturated carbocycles. The predicted molar refractivity (Wildman–Crippen MR) is 64.9 cm³/mol. The van der Waals surface area contributed by atoms with Crippen LogP contribution in [0.2, 0.25) is 0 Å². The third kappa shape index (κ3) is 4.21. The highest BCUT2D eigenvalue weighted by molar-refractivity contribution is 5.64. The molecule has 0 aliphatic rings. The van der Waals surface area contributed by atoms with E-state index in [0.29, 0.717) is 17.9 Å². The molecule has 1 atom stereocenters. The van der Waals surface area contributed by atoms with Crippen LogP contribution in [0.5, 0.6) is 5.75 Å². The minimum atomic E-state index is -0.819. The summed E-state index contributed by atoms with van der Waals surface area (Å²) in [6.07, 6.45) is -0.819. The van der Waals surface area contributed by atoms with E-state index >= 15 is 0 Å². The van der Waals surface area contributed by atoms with Crippen LogP contribution in [-0.4, -0.2) is 26.4 Å². The van der Waals surface area contributed by atoms with Gasteiger partial charge in [0.25, 0.3) is 0 Å². The molecule has 0 fully saturated rings. The van der Waals surface area contributed by atoms with Gasteiger partial charge in [-0.15, -0.1) is 0 Å². The molecule has 0 bridgehead atoms. The number of nitrogens with one attached hydrogen (secondary N) is 1. The van der Waals surface area contributed by atoms with Crippen LogP contribution in [-0.2, 0) is 4.74 Å². The lowest BCUT2D eigenvalue weighted by Gasteiger charge is -2.15. The quantitative estimate of drug-likeness (QED) is 0.758. The first-order valence-corrected chi connectivity index (χ1v) is 5.53. The summed E-state index contributed by atoms with van der Waals surface area (Å²) in [5.74, 6) is 0.130. The molecule has 0 spiro atoms. The highest BCUT2D eigenvalue weighted by atomic mass is 19.1. The van der Waals surface area contributed by atoms with E-state index < -0.39 is 6.09 Å². The minimum Gasteiger partial charge on any atom is -0.497 e. The van der Waals surface area contributed by atoms with Crippen molar-refractivity contribution in [1.29, 1.82) is 0 Å². The average molecular weight is 256 g/mol. The molecule has 0 aliphatic carbocycles. The molecular formula is C12H17FN2O3. The maximum Gasteiger partial charge on any atom is 0.404 e. The summed E-state index contributed by atoms with van der Waals surface area (Å²) >= 11 is 0. The summed E-state index contributed by atoms with van der Waals surface area (Å²) < 4.78 is 23.2. The zero-order valence-corrected chi connectivity index (χ0v) is 10.4. The van der Waals surface area contributed by atoms with E-state index in [0.717, 1.165) is 0 Å². The van der Waals surface area contributed by atoms with Gasteiger partial charge in [0.2, 0.25) is 0 Å². The van der Waals surface area contributed by atoms with Crippen molar-refractivity contribution in [3.05, 3.63) is 29.6 Å². The van der Waals surface area contributed by atoms with Crippen molar-refractivity contribution in [3.8, 4) is 5.75 Å². The highest BCUT2D eigenvalue weighted by Crippen LogP contribution is 2.21. The summed E-state index contributed by atoms with van der Waals surface area (Å²) in [6.45, 7) is 2.36. The van der Waals surface area contributed by atoms with Gasteiger partial charge in [0.15, 0.2) is 0 Å². The molecule has 0 aromatic heterocycles. The van der Waals surface area contributed by atoms with E-state index in [1.165, 1.54) is 13.2 Å². The molecule has 1 aromatic rings. The molecule has 18 heavy (non-hydrogen) atoms. The highest BCUT2D eigenvalue weighted by Gasteiger charge is 2.11. The Bertz CT molecular complexity index is 412. The second-order valence-electron chi connectivity index (χ2n) is 3.73. The van der Waals surface area contributed by atoms with E-state index in [-0.39, 0.29) is 18.5 Å². The minimum absolute atomic E-state index is 0.150. The Morgan fingerprint density at radius 1 is 1.56 bits per heavy atom. The molecule has 0 radical (unpaired) electrons. The fourth-order valence-corrected chi connectivity index (χ4v) is 1.52. The van der Waals surface area contributed by atoms with Gasteiger partial charge in [0.1, 0.15) is 18.2 Å². The van der Waals surface area contributed by atoms with Crippen molar-refractivity contribution in [1.82, 2.24) is 5.32 Å². The van der Waals surface area contributed by atoms with Gasteiger partial charge in [-0.25, -0.2) is 9.18 Å². The summed E-state index contributed by atoms with van der Waals surface area (Å²) in [7, 11) is 1.48. The van der Waals surface area contributed by atoms with Crippen LogP contribution in [0.15, 0.2) is 18.2 Å². The molecule has 0 saturated heterocycles. The molecule has 0 heterocycles. The lowest BCUT2D eigenvalue weighted by Crippen LogP contribution is -2.26. The van der Waals surface area contributed by atoms with Crippen molar-refractivity contribution in [2.75, 3.05) is 20.3 Å². The largest absolute Gasteiger partial charge is 0.497 e. The van der Waals surface area contributed by atoms with Gasteiger partial charge >= 0.3 is 6.09 Å². The van der Waals surface area contributed by atoms with Crippen molar-refractivity contribution in [2.45, 2.75) is 13.0 Å². The second-order valence-corrected chi connectivity index (χ2v) is 3.73. The Kier molecular flexibility index (Phi) is 5.38. The third-order valence-electron chi connectivity index (χ3n) is 2.47. The first-order chi connectivity index (χ1) is 8.54. The van der Waals surface area contributed by atoms with Crippen molar-refractivity contribution >= 4 is 6.09 Å². The Labute approximate surface area is 105 Å². The predicted octanol–water partition coefficient (Wildman–Crippen LogP) is 1.58. The number of carbonyl (C=O) groups excluding carboxylic acids is 1. The zero-order chi connectivity index (χ0) is 13.5.